The van der Waals surface area contributed by atoms with Crippen LogP contribution in [0.3, 0.4) is 0 Å². The summed E-state index contributed by atoms with van der Waals surface area (Å²) in [6.07, 6.45) is 2.10. The molecule has 90 valence electrons. The summed E-state index contributed by atoms with van der Waals surface area (Å²) in [5.41, 5.74) is 7.59. The van der Waals surface area contributed by atoms with Crippen molar-refractivity contribution in [2.24, 2.45) is 5.73 Å². The van der Waals surface area contributed by atoms with E-state index in [4.69, 9.17) is 5.73 Å². The van der Waals surface area contributed by atoms with Gasteiger partial charge in [0.2, 0.25) is 0 Å². The van der Waals surface area contributed by atoms with E-state index in [1.165, 1.54) is 5.56 Å². The highest BCUT2D eigenvalue weighted by molar-refractivity contribution is 5.14. The Morgan fingerprint density at radius 2 is 1.81 bits per heavy atom. The minimum atomic E-state index is 0.157. The van der Waals surface area contributed by atoms with Gasteiger partial charge in [0.25, 0.3) is 0 Å². The van der Waals surface area contributed by atoms with E-state index in [2.05, 4.69) is 50.4 Å². The highest BCUT2D eigenvalue weighted by Gasteiger charge is 2.11. The lowest BCUT2D eigenvalue weighted by Crippen LogP contribution is -2.43. The molecule has 0 aliphatic rings. The predicted molar refractivity (Wildman–Crippen MR) is 70.5 cm³/mol. The van der Waals surface area contributed by atoms with Crippen molar-refractivity contribution < 1.29 is 0 Å². The summed E-state index contributed by atoms with van der Waals surface area (Å²) >= 11 is 0. The molecule has 1 atom stereocenters. The molecule has 0 aliphatic carbocycles. The van der Waals surface area contributed by atoms with Gasteiger partial charge in [-0.15, -0.1) is 0 Å². The Morgan fingerprint density at radius 3 is 2.38 bits per heavy atom. The number of hydrogen-bond acceptors (Lipinski definition) is 2. The van der Waals surface area contributed by atoms with Crippen molar-refractivity contribution in [2.45, 2.75) is 45.2 Å². The molecule has 2 heteroatoms. The molecule has 2 nitrogen and oxygen atoms in total. The van der Waals surface area contributed by atoms with Gasteiger partial charge < -0.3 is 11.1 Å². The second-order valence-corrected chi connectivity index (χ2v) is 5.42. The Bertz CT molecular complexity index is 287. The standard InChI is InChI=1S/C14H24N2/c1-14(2,3)16-11-13(15)10-9-12-7-5-4-6-8-12/h4-8,13,16H,9-11,15H2,1-3H3. The first kappa shape index (κ1) is 13.2. The molecule has 0 heterocycles. The lowest BCUT2D eigenvalue weighted by atomic mass is 10.0. The Labute approximate surface area is 99.2 Å². The first-order valence-electron chi connectivity index (χ1n) is 6.02. The maximum absolute atomic E-state index is 6.07. The molecule has 0 saturated heterocycles. The minimum absolute atomic E-state index is 0.157. The van der Waals surface area contributed by atoms with Crippen LogP contribution < -0.4 is 11.1 Å². The molecule has 0 aromatic heterocycles. The zero-order chi connectivity index (χ0) is 12.0. The second-order valence-electron chi connectivity index (χ2n) is 5.42. The van der Waals surface area contributed by atoms with Crippen LogP contribution in [0.5, 0.6) is 0 Å². The predicted octanol–water partition coefficient (Wildman–Crippen LogP) is 2.33. The van der Waals surface area contributed by atoms with Gasteiger partial charge in [-0.05, 0) is 39.2 Å². The van der Waals surface area contributed by atoms with Gasteiger partial charge in [0, 0.05) is 18.1 Å². The molecule has 0 bridgehead atoms. The van der Waals surface area contributed by atoms with Crippen LogP contribution in [0.1, 0.15) is 32.8 Å². The number of rotatable bonds is 5. The van der Waals surface area contributed by atoms with Crippen molar-refractivity contribution in [3.8, 4) is 0 Å². The maximum atomic E-state index is 6.07. The minimum Gasteiger partial charge on any atom is -0.327 e. The molecule has 0 fully saturated rings. The SMILES string of the molecule is CC(C)(C)NCC(N)CCc1ccccc1. The molecule has 3 N–H and O–H groups in total. The first-order chi connectivity index (χ1) is 7.47. The molecule has 0 radical (unpaired) electrons. The fourth-order valence-electron chi connectivity index (χ4n) is 1.54. The summed E-state index contributed by atoms with van der Waals surface area (Å²) in [4.78, 5) is 0. The van der Waals surface area contributed by atoms with Gasteiger partial charge in [-0.3, -0.25) is 0 Å². The number of hydrogen-bond donors (Lipinski definition) is 2. The molecular weight excluding hydrogens is 196 g/mol. The van der Waals surface area contributed by atoms with E-state index in [0.717, 1.165) is 19.4 Å². The summed E-state index contributed by atoms with van der Waals surface area (Å²) in [5, 5.41) is 3.43. The van der Waals surface area contributed by atoms with Crippen molar-refractivity contribution in [3.63, 3.8) is 0 Å². The first-order valence-corrected chi connectivity index (χ1v) is 6.02. The van der Waals surface area contributed by atoms with Crippen LogP contribution in [-0.2, 0) is 6.42 Å². The summed E-state index contributed by atoms with van der Waals surface area (Å²) in [5.74, 6) is 0. The zero-order valence-electron chi connectivity index (χ0n) is 10.7. The van der Waals surface area contributed by atoms with E-state index in [-0.39, 0.29) is 11.6 Å². The van der Waals surface area contributed by atoms with Crippen LogP contribution in [0.15, 0.2) is 30.3 Å². The third-order valence-electron chi connectivity index (χ3n) is 2.54. The average Bonchev–Trinajstić information content (AvgIpc) is 2.24. The normalized spacial score (nSPS) is 13.8. The van der Waals surface area contributed by atoms with Crippen molar-refractivity contribution in [3.05, 3.63) is 35.9 Å². The maximum Gasteiger partial charge on any atom is 0.0168 e. The van der Waals surface area contributed by atoms with E-state index < -0.39 is 0 Å². The highest BCUT2D eigenvalue weighted by atomic mass is 15.0. The quantitative estimate of drug-likeness (QED) is 0.799. The van der Waals surface area contributed by atoms with Crippen molar-refractivity contribution in [1.82, 2.24) is 5.32 Å². The Kier molecular flexibility index (Phi) is 4.97. The lowest BCUT2D eigenvalue weighted by molar-refractivity contribution is 0.398. The lowest BCUT2D eigenvalue weighted by Gasteiger charge is -2.23. The van der Waals surface area contributed by atoms with Crippen LogP contribution >= 0.6 is 0 Å². The van der Waals surface area contributed by atoms with E-state index in [1.54, 1.807) is 0 Å². The van der Waals surface area contributed by atoms with Gasteiger partial charge in [-0.25, -0.2) is 0 Å². The van der Waals surface area contributed by atoms with Gasteiger partial charge in [0.15, 0.2) is 0 Å². The van der Waals surface area contributed by atoms with Crippen molar-refractivity contribution >= 4 is 0 Å². The third kappa shape index (κ3) is 5.89. The molecule has 0 amide bonds. The molecular formula is C14H24N2. The fourth-order valence-corrected chi connectivity index (χ4v) is 1.54. The van der Waals surface area contributed by atoms with E-state index >= 15 is 0 Å². The van der Waals surface area contributed by atoms with E-state index in [0.29, 0.717) is 0 Å². The van der Waals surface area contributed by atoms with Gasteiger partial charge in [-0.1, -0.05) is 30.3 Å². The molecule has 1 unspecified atom stereocenters. The molecule has 16 heavy (non-hydrogen) atoms. The van der Waals surface area contributed by atoms with Crippen LogP contribution in [0.4, 0.5) is 0 Å². The van der Waals surface area contributed by atoms with Crippen molar-refractivity contribution in [1.29, 1.82) is 0 Å². The summed E-state index contributed by atoms with van der Waals surface area (Å²) in [6, 6.07) is 10.8. The molecule has 1 rings (SSSR count). The fraction of sp³-hybridized carbons (Fsp3) is 0.571. The van der Waals surface area contributed by atoms with E-state index in [9.17, 15) is 0 Å². The molecule has 0 saturated carbocycles. The highest BCUT2D eigenvalue weighted by Crippen LogP contribution is 2.04. The van der Waals surface area contributed by atoms with Gasteiger partial charge in [-0.2, -0.15) is 0 Å². The Hall–Kier alpha value is -0.860. The van der Waals surface area contributed by atoms with Crippen molar-refractivity contribution in [2.75, 3.05) is 6.54 Å². The zero-order valence-corrected chi connectivity index (χ0v) is 10.7. The topological polar surface area (TPSA) is 38.0 Å². The number of benzene rings is 1. The summed E-state index contributed by atoms with van der Waals surface area (Å²) in [7, 11) is 0. The Balaban J connectivity index is 2.23. The second kappa shape index (κ2) is 6.02. The summed E-state index contributed by atoms with van der Waals surface area (Å²) < 4.78 is 0. The third-order valence-corrected chi connectivity index (χ3v) is 2.54. The number of nitrogens with one attached hydrogen (secondary N) is 1. The van der Waals surface area contributed by atoms with Crippen LogP contribution in [0.25, 0.3) is 0 Å². The smallest absolute Gasteiger partial charge is 0.0168 e. The molecule has 0 aliphatic heterocycles. The monoisotopic (exact) mass is 220 g/mol. The van der Waals surface area contributed by atoms with Crippen LogP contribution in [0.2, 0.25) is 0 Å². The molecule has 1 aromatic rings. The van der Waals surface area contributed by atoms with Crippen LogP contribution in [-0.4, -0.2) is 18.1 Å². The van der Waals surface area contributed by atoms with E-state index in [1.807, 2.05) is 6.07 Å². The van der Waals surface area contributed by atoms with Gasteiger partial charge in [0.05, 0.1) is 0 Å². The summed E-state index contributed by atoms with van der Waals surface area (Å²) in [6.45, 7) is 7.38. The number of aryl methyl sites for hydroxylation is 1. The Morgan fingerprint density at radius 1 is 1.19 bits per heavy atom. The van der Waals surface area contributed by atoms with Crippen LogP contribution in [0, 0.1) is 0 Å². The van der Waals surface area contributed by atoms with Gasteiger partial charge >= 0.3 is 0 Å². The molecule has 1 aromatic carbocycles. The number of nitrogens with two attached hydrogens (primary N) is 1. The average molecular weight is 220 g/mol. The molecule has 0 spiro atoms. The largest absolute Gasteiger partial charge is 0.327 e. The van der Waals surface area contributed by atoms with Gasteiger partial charge in [0.1, 0.15) is 0 Å².